The lowest BCUT2D eigenvalue weighted by molar-refractivity contribution is -0.385. The zero-order valence-electron chi connectivity index (χ0n) is 12.0. The van der Waals surface area contributed by atoms with Crippen molar-refractivity contribution < 1.29 is 9.31 Å². The van der Waals surface area contributed by atoms with Gasteiger partial charge in [0.2, 0.25) is 0 Å². The fourth-order valence-corrected chi connectivity index (χ4v) is 2.37. The summed E-state index contributed by atoms with van der Waals surface area (Å²) >= 11 is 0. The summed E-state index contributed by atoms with van der Waals surface area (Å²) in [7, 11) is 0. The van der Waals surface area contributed by atoms with E-state index in [1.54, 1.807) is 18.2 Å². The third kappa shape index (κ3) is 3.25. The first-order chi connectivity index (χ1) is 9.90. The number of nitro benzene ring substituents is 1. The molecule has 2 aromatic carbocycles. The first-order valence-corrected chi connectivity index (χ1v) is 6.64. The molecule has 2 rings (SSSR count). The van der Waals surface area contributed by atoms with Crippen molar-refractivity contribution in [2.24, 2.45) is 5.73 Å². The summed E-state index contributed by atoms with van der Waals surface area (Å²) in [6, 6.07) is 8.94. The fourth-order valence-electron chi connectivity index (χ4n) is 2.37. The van der Waals surface area contributed by atoms with E-state index in [1.807, 2.05) is 13.8 Å². The monoisotopic (exact) mass is 288 g/mol. The number of aryl methyl sites for hydroxylation is 1. The highest BCUT2D eigenvalue weighted by Crippen LogP contribution is 2.27. The lowest BCUT2D eigenvalue weighted by Gasteiger charge is -2.16. The van der Waals surface area contributed by atoms with Gasteiger partial charge in [0.05, 0.1) is 4.92 Å². The molecule has 1 atom stereocenters. The van der Waals surface area contributed by atoms with Gasteiger partial charge in [-0.15, -0.1) is 0 Å². The Morgan fingerprint density at radius 3 is 2.57 bits per heavy atom. The maximum absolute atomic E-state index is 13.7. The van der Waals surface area contributed by atoms with Crippen molar-refractivity contribution in [2.45, 2.75) is 26.3 Å². The lowest BCUT2D eigenvalue weighted by Crippen LogP contribution is -2.16. The number of halogens is 1. The first kappa shape index (κ1) is 15.1. The molecular weight excluding hydrogens is 271 g/mol. The molecular formula is C16H17FN2O2. The number of nitrogens with two attached hydrogens (primary N) is 1. The van der Waals surface area contributed by atoms with Crippen molar-refractivity contribution >= 4 is 5.69 Å². The summed E-state index contributed by atoms with van der Waals surface area (Å²) in [4.78, 5) is 10.5. The van der Waals surface area contributed by atoms with Gasteiger partial charge in [0.15, 0.2) is 0 Å². The Labute approximate surface area is 122 Å². The summed E-state index contributed by atoms with van der Waals surface area (Å²) in [6.07, 6.45) is 0.300. The number of hydrogen-bond acceptors (Lipinski definition) is 3. The van der Waals surface area contributed by atoms with Gasteiger partial charge in [-0.3, -0.25) is 10.1 Å². The minimum absolute atomic E-state index is 0.0112. The van der Waals surface area contributed by atoms with Crippen LogP contribution in [0.2, 0.25) is 0 Å². The molecule has 0 aliphatic carbocycles. The molecule has 0 heterocycles. The van der Waals surface area contributed by atoms with Crippen LogP contribution in [0.15, 0.2) is 36.4 Å². The molecule has 110 valence electrons. The molecule has 0 amide bonds. The highest BCUT2D eigenvalue weighted by atomic mass is 19.1. The molecule has 0 saturated carbocycles. The van der Waals surface area contributed by atoms with Gasteiger partial charge >= 0.3 is 0 Å². The Bertz CT molecular complexity index is 686. The first-order valence-electron chi connectivity index (χ1n) is 6.64. The summed E-state index contributed by atoms with van der Waals surface area (Å²) in [5, 5.41) is 11.0. The van der Waals surface area contributed by atoms with Gasteiger partial charge in [-0.1, -0.05) is 18.2 Å². The number of nitrogens with zero attached hydrogens (tertiary/aromatic N) is 1. The van der Waals surface area contributed by atoms with Gasteiger partial charge in [0.25, 0.3) is 5.69 Å². The molecule has 0 saturated heterocycles. The van der Waals surface area contributed by atoms with E-state index in [0.717, 1.165) is 11.1 Å². The molecule has 2 aromatic rings. The van der Waals surface area contributed by atoms with Crippen LogP contribution in [0, 0.1) is 29.8 Å². The van der Waals surface area contributed by atoms with Crippen molar-refractivity contribution in [3.8, 4) is 0 Å². The molecule has 1 unspecified atom stereocenters. The summed E-state index contributed by atoms with van der Waals surface area (Å²) in [5.41, 5.74) is 9.07. The number of nitro groups is 1. The summed E-state index contributed by atoms with van der Waals surface area (Å²) in [6.45, 7) is 3.68. The van der Waals surface area contributed by atoms with E-state index in [4.69, 9.17) is 5.73 Å². The molecule has 2 N–H and O–H groups in total. The van der Waals surface area contributed by atoms with Crippen molar-refractivity contribution in [2.75, 3.05) is 0 Å². The zero-order chi connectivity index (χ0) is 15.6. The van der Waals surface area contributed by atoms with E-state index >= 15 is 0 Å². The lowest BCUT2D eigenvalue weighted by atomic mass is 9.93. The standard InChI is InChI=1S/C16H17FN2O2/c1-10-7-13(19(20)21)9-14(11(10)2)16(18)8-12-5-3-4-6-15(12)17/h3-7,9,16H,8,18H2,1-2H3. The Balaban J connectivity index is 2.37. The third-order valence-corrected chi connectivity index (χ3v) is 3.70. The van der Waals surface area contributed by atoms with Crippen LogP contribution in [-0.2, 0) is 6.42 Å². The van der Waals surface area contributed by atoms with E-state index in [2.05, 4.69) is 0 Å². The quantitative estimate of drug-likeness (QED) is 0.690. The van der Waals surface area contributed by atoms with Gasteiger partial charge in [-0.05, 0) is 48.6 Å². The third-order valence-electron chi connectivity index (χ3n) is 3.70. The molecule has 0 fully saturated rings. The van der Waals surface area contributed by atoms with Crippen LogP contribution < -0.4 is 5.73 Å². The minimum atomic E-state index is -0.486. The number of rotatable bonds is 4. The van der Waals surface area contributed by atoms with E-state index in [0.29, 0.717) is 17.5 Å². The second kappa shape index (κ2) is 6.01. The highest BCUT2D eigenvalue weighted by molar-refractivity contribution is 5.46. The van der Waals surface area contributed by atoms with Gasteiger partial charge < -0.3 is 5.73 Å². The molecule has 4 nitrogen and oxygen atoms in total. The van der Waals surface area contributed by atoms with Crippen LogP contribution in [0.5, 0.6) is 0 Å². The van der Waals surface area contributed by atoms with E-state index in [1.165, 1.54) is 18.2 Å². The zero-order valence-corrected chi connectivity index (χ0v) is 12.0. The number of hydrogen-bond donors (Lipinski definition) is 1. The number of benzene rings is 2. The predicted molar refractivity (Wildman–Crippen MR) is 79.6 cm³/mol. The molecule has 0 bridgehead atoms. The predicted octanol–water partition coefficient (Wildman–Crippen LogP) is 3.59. The Morgan fingerprint density at radius 1 is 1.29 bits per heavy atom. The molecule has 21 heavy (non-hydrogen) atoms. The Kier molecular flexibility index (Phi) is 4.33. The average Bonchev–Trinajstić information content (AvgIpc) is 2.43. The Morgan fingerprint density at radius 2 is 1.95 bits per heavy atom. The van der Waals surface area contributed by atoms with Crippen LogP contribution in [0.3, 0.4) is 0 Å². The van der Waals surface area contributed by atoms with Gasteiger partial charge in [0.1, 0.15) is 5.82 Å². The molecule has 5 heteroatoms. The molecule has 0 aromatic heterocycles. The van der Waals surface area contributed by atoms with Crippen molar-refractivity contribution in [3.63, 3.8) is 0 Å². The maximum Gasteiger partial charge on any atom is 0.270 e. The van der Waals surface area contributed by atoms with Crippen molar-refractivity contribution in [1.82, 2.24) is 0 Å². The SMILES string of the molecule is Cc1cc([N+](=O)[O-])cc(C(N)Cc2ccccc2F)c1C. The van der Waals surface area contributed by atoms with Gasteiger partial charge in [-0.2, -0.15) is 0 Å². The van der Waals surface area contributed by atoms with Crippen molar-refractivity contribution in [1.29, 1.82) is 0 Å². The van der Waals surface area contributed by atoms with E-state index in [-0.39, 0.29) is 11.5 Å². The van der Waals surface area contributed by atoms with Crippen LogP contribution in [0.4, 0.5) is 10.1 Å². The maximum atomic E-state index is 13.7. The van der Waals surface area contributed by atoms with Gasteiger partial charge in [-0.25, -0.2) is 4.39 Å². The largest absolute Gasteiger partial charge is 0.324 e. The number of non-ortho nitro benzene ring substituents is 1. The second-order valence-electron chi connectivity index (χ2n) is 5.14. The topological polar surface area (TPSA) is 69.2 Å². The normalized spacial score (nSPS) is 12.2. The molecule has 0 aliphatic heterocycles. The molecule has 0 radical (unpaired) electrons. The minimum Gasteiger partial charge on any atom is -0.324 e. The van der Waals surface area contributed by atoms with E-state index < -0.39 is 11.0 Å². The smallest absolute Gasteiger partial charge is 0.270 e. The van der Waals surface area contributed by atoms with Crippen LogP contribution in [-0.4, -0.2) is 4.92 Å². The molecule has 0 aliphatic rings. The van der Waals surface area contributed by atoms with E-state index in [9.17, 15) is 14.5 Å². The van der Waals surface area contributed by atoms with Crippen LogP contribution in [0.25, 0.3) is 0 Å². The average molecular weight is 288 g/mol. The van der Waals surface area contributed by atoms with Crippen LogP contribution >= 0.6 is 0 Å². The fraction of sp³-hybridized carbons (Fsp3) is 0.250. The second-order valence-corrected chi connectivity index (χ2v) is 5.14. The Hall–Kier alpha value is -2.27. The summed E-state index contributed by atoms with van der Waals surface area (Å²) in [5.74, 6) is -0.312. The van der Waals surface area contributed by atoms with Crippen LogP contribution in [0.1, 0.15) is 28.3 Å². The highest BCUT2D eigenvalue weighted by Gasteiger charge is 2.18. The van der Waals surface area contributed by atoms with Gasteiger partial charge in [0, 0.05) is 18.2 Å². The molecule has 0 spiro atoms. The van der Waals surface area contributed by atoms with Crippen molar-refractivity contribution in [3.05, 3.63) is 74.6 Å². The summed E-state index contributed by atoms with van der Waals surface area (Å²) < 4.78 is 13.7.